The Kier molecular flexibility index (Phi) is 3.14. The number of hydrogen-bond donors (Lipinski definition) is 2. The number of nitrogens with zero attached hydrogens (tertiary/aromatic N) is 2. The molecule has 0 amide bonds. The minimum Gasteiger partial charge on any atom is -0.479 e. The molecule has 2 aromatic rings. The molecule has 1 aliphatic carbocycles. The summed E-state index contributed by atoms with van der Waals surface area (Å²) < 4.78 is 5.28. The van der Waals surface area contributed by atoms with Gasteiger partial charge in [0.25, 0.3) is 0 Å². The van der Waals surface area contributed by atoms with Gasteiger partial charge in [0.15, 0.2) is 0 Å². The van der Waals surface area contributed by atoms with Crippen molar-refractivity contribution in [3.63, 3.8) is 0 Å². The van der Waals surface area contributed by atoms with Crippen LogP contribution in [0.5, 0.6) is 5.88 Å². The zero-order valence-electron chi connectivity index (χ0n) is 11.3. The Labute approximate surface area is 112 Å². The monoisotopic (exact) mass is 260 g/mol. The Morgan fingerprint density at radius 1 is 1.32 bits per heavy atom. The molecule has 0 saturated heterocycles. The molecule has 3 rings (SSSR count). The third-order valence-corrected chi connectivity index (χ3v) is 4.39. The van der Waals surface area contributed by atoms with E-state index in [0.717, 1.165) is 23.9 Å². The second-order valence-corrected chi connectivity index (χ2v) is 5.35. The zero-order valence-corrected chi connectivity index (χ0v) is 11.3. The van der Waals surface area contributed by atoms with Crippen LogP contribution in [0, 0.1) is 0 Å². The topological polar surface area (TPSA) is 76.8 Å². The Morgan fingerprint density at radius 3 is 2.79 bits per heavy atom. The number of fused-ring (bicyclic) bond motifs is 1. The lowest BCUT2D eigenvalue weighted by Crippen LogP contribution is -2.37. The fraction of sp³-hybridized carbons (Fsp3) is 0.571. The second kappa shape index (κ2) is 4.81. The van der Waals surface area contributed by atoms with Crippen molar-refractivity contribution < 1.29 is 4.74 Å². The van der Waals surface area contributed by atoms with Gasteiger partial charge in [0.1, 0.15) is 11.8 Å². The number of methoxy groups -OCH3 is 1. The molecule has 0 aromatic carbocycles. The first-order valence-corrected chi connectivity index (χ1v) is 6.87. The molecule has 1 saturated carbocycles. The van der Waals surface area contributed by atoms with Gasteiger partial charge in [0.05, 0.1) is 12.6 Å². The number of aromatic nitrogens is 3. The quantitative estimate of drug-likeness (QED) is 0.886. The molecule has 0 unspecified atom stereocenters. The van der Waals surface area contributed by atoms with Gasteiger partial charge in [-0.25, -0.2) is 4.98 Å². The van der Waals surface area contributed by atoms with E-state index in [1.165, 1.54) is 24.8 Å². The first kappa shape index (κ1) is 12.4. The molecule has 102 valence electrons. The van der Waals surface area contributed by atoms with Crippen molar-refractivity contribution in [3.05, 3.63) is 18.1 Å². The van der Waals surface area contributed by atoms with E-state index >= 15 is 0 Å². The summed E-state index contributed by atoms with van der Waals surface area (Å²) >= 11 is 0. The van der Waals surface area contributed by atoms with Crippen LogP contribution in [0.3, 0.4) is 0 Å². The summed E-state index contributed by atoms with van der Waals surface area (Å²) in [5.74, 6) is 0.597. The normalized spacial score (nSPS) is 18.6. The van der Waals surface area contributed by atoms with Crippen molar-refractivity contribution in [2.24, 2.45) is 5.73 Å². The van der Waals surface area contributed by atoms with Crippen molar-refractivity contribution in [2.75, 3.05) is 13.7 Å². The Bertz CT molecular complexity index is 572. The number of hydrogen-bond acceptors (Lipinski definition) is 4. The minimum atomic E-state index is 0.0653. The zero-order chi connectivity index (χ0) is 13.3. The van der Waals surface area contributed by atoms with Crippen LogP contribution in [0.15, 0.2) is 12.5 Å². The lowest BCUT2D eigenvalue weighted by Gasteiger charge is -2.35. The molecule has 5 heteroatoms. The molecule has 19 heavy (non-hydrogen) atoms. The summed E-state index contributed by atoms with van der Waals surface area (Å²) in [5, 5.41) is 0. The Balaban J connectivity index is 2.14. The predicted molar refractivity (Wildman–Crippen MR) is 74.3 cm³/mol. The average molecular weight is 260 g/mol. The smallest absolute Gasteiger partial charge is 0.241 e. The SMILES string of the molecule is COc1ncnc2c(C3(CN)CCCCC3)c[nH]c12. The Hall–Kier alpha value is -1.62. The van der Waals surface area contributed by atoms with Gasteiger partial charge >= 0.3 is 0 Å². The van der Waals surface area contributed by atoms with E-state index < -0.39 is 0 Å². The lowest BCUT2D eigenvalue weighted by molar-refractivity contribution is 0.302. The van der Waals surface area contributed by atoms with Crippen molar-refractivity contribution in [1.82, 2.24) is 15.0 Å². The second-order valence-electron chi connectivity index (χ2n) is 5.35. The third-order valence-electron chi connectivity index (χ3n) is 4.39. The summed E-state index contributed by atoms with van der Waals surface area (Å²) in [6.07, 6.45) is 9.68. The first-order valence-electron chi connectivity index (χ1n) is 6.87. The number of ether oxygens (including phenoxy) is 1. The molecule has 1 fully saturated rings. The molecule has 2 aromatic heterocycles. The fourth-order valence-corrected chi connectivity index (χ4v) is 3.29. The molecule has 0 bridgehead atoms. The standard InChI is InChI=1S/C14H20N4O/c1-19-13-12-11(17-9-18-13)10(7-16-12)14(8-15)5-3-2-4-6-14/h7,9,16H,2-6,8,15H2,1H3. The van der Waals surface area contributed by atoms with Crippen LogP contribution >= 0.6 is 0 Å². The van der Waals surface area contributed by atoms with E-state index in [1.54, 1.807) is 13.4 Å². The van der Waals surface area contributed by atoms with E-state index in [0.29, 0.717) is 12.4 Å². The van der Waals surface area contributed by atoms with Crippen LogP contribution in [0.1, 0.15) is 37.7 Å². The molecule has 0 radical (unpaired) electrons. The van der Waals surface area contributed by atoms with Gasteiger partial charge in [0, 0.05) is 23.7 Å². The first-order chi connectivity index (χ1) is 9.30. The van der Waals surface area contributed by atoms with E-state index in [2.05, 4.69) is 15.0 Å². The number of nitrogens with one attached hydrogen (secondary N) is 1. The van der Waals surface area contributed by atoms with Crippen LogP contribution in [-0.4, -0.2) is 28.6 Å². The maximum atomic E-state index is 6.10. The van der Waals surface area contributed by atoms with Crippen molar-refractivity contribution >= 4 is 11.0 Å². The minimum absolute atomic E-state index is 0.0653. The predicted octanol–water partition coefficient (Wildman–Crippen LogP) is 2.13. The molecule has 0 spiro atoms. The van der Waals surface area contributed by atoms with E-state index in [-0.39, 0.29) is 5.41 Å². The van der Waals surface area contributed by atoms with Crippen LogP contribution in [-0.2, 0) is 5.41 Å². The molecular weight excluding hydrogens is 240 g/mol. The van der Waals surface area contributed by atoms with Gasteiger partial charge < -0.3 is 15.5 Å². The van der Waals surface area contributed by atoms with Crippen LogP contribution in [0.25, 0.3) is 11.0 Å². The van der Waals surface area contributed by atoms with Crippen LogP contribution in [0.4, 0.5) is 0 Å². The maximum absolute atomic E-state index is 6.10. The van der Waals surface area contributed by atoms with E-state index in [1.807, 2.05) is 6.20 Å². The lowest BCUT2D eigenvalue weighted by atomic mass is 9.70. The van der Waals surface area contributed by atoms with Crippen molar-refractivity contribution in [1.29, 1.82) is 0 Å². The number of aromatic amines is 1. The van der Waals surface area contributed by atoms with Gasteiger partial charge in [-0.15, -0.1) is 0 Å². The molecule has 5 nitrogen and oxygen atoms in total. The summed E-state index contributed by atoms with van der Waals surface area (Å²) in [6, 6.07) is 0. The van der Waals surface area contributed by atoms with Crippen LogP contribution in [0.2, 0.25) is 0 Å². The van der Waals surface area contributed by atoms with Gasteiger partial charge in [-0.2, -0.15) is 4.98 Å². The molecule has 0 aliphatic heterocycles. The summed E-state index contributed by atoms with van der Waals surface area (Å²) in [7, 11) is 1.63. The molecule has 3 N–H and O–H groups in total. The molecule has 0 atom stereocenters. The van der Waals surface area contributed by atoms with Crippen LogP contribution < -0.4 is 10.5 Å². The average Bonchev–Trinajstić information content (AvgIpc) is 2.92. The van der Waals surface area contributed by atoms with Gasteiger partial charge in [-0.3, -0.25) is 0 Å². The van der Waals surface area contributed by atoms with E-state index in [9.17, 15) is 0 Å². The Morgan fingerprint density at radius 2 is 2.11 bits per heavy atom. The number of nitrogens with two attached hydrogens (primary N) is 1. The van der Waals surface area contributed by atoms with E-state index in [4.69, 9.17) is 10.5 Å². The van der Waals surface area contributed by atoms with Gasteiger partial charge in [-0.1, -0.05) is 19.3 Å². The fourth-order valence-electron chi connectivity index (χ4n) is 3.29. The summed E-state index contributed by atoms with van der Waals surface area (Å²) in [6.45, 7) is 0.673. The number of rotatable bonds is 3. The highest BCUT2D eigenvalue weighted by Crippen LogP contribution is 2.41. The van der Waals surface area contributed by atoms with Crippen molar-refractivity contribution in [3.8, 4) is 5.88 Å². The summed E-state index contributed by atoms with van der Waals surface area (Å²) in [4.78, 5) is 11.8. The van der Waals surface area contributed by atoms with Crippen molar-refractivity contribution in [2.45, 2.75) is 37.5 Å². The van der Waals surface area contributed by atoms with Gasteiger partial charge in [-0.05, 0) is 12.8 Å². The highest BCUT2D eigenvalue weighted by atomic mass is 16.5. The molecular formula is C14H20N4O. The highest BCUT2D eigenvalue weighted by molar-refractivity contribution is 5.84. The summed E-state index contributed by atoms with van der Waals surface area (Å²) in [5.41, 5.74) is 9.23. The third kappa shape index (κ3) is 1.89. The molecule has 2 heterocycles. The largest absolute Gasteiger partial charge is 0.479 e. The maximum Gasteiger partial charge on any atom is 0.241 e. The highest BCUT2D eigenvalue weighted by Gasteiger charge is 2.35. The van der Waals surface area contributed by atoms with Gasteiger partial charge in [0.2, 0.25) is 5.88 Å². The number of H-pyrrole nitrogens is 1. The molecule has 1 aliphatic rings.